The second kappa shape index (κ2) is 3.44. The van der Waals surface area contributed by atoms with Gasteiger partial charge in [-0.05, 0) is 18.8 Å². The van der Waals surface area contributed by atoms with Gasteiger partial charge < -0.3 is 5.73 Å². The van der Waals surface area contributed by atoms with Crippen LogP contribution in [0.4, 0.5) is 0 Å². The molecule has 0 bridgehead atoms. The molecule has 1 saturated carbocycles. The van der Waals surface area contributed by atoms with E-state index in [1.807, 2.05) is 6.92 Å². The fraction of sp³-hybridized carbons (Fsp3) is 0.875. The van der Waals surface area contributed by atoms with Gasteiger partial charge in [0.15, 0.2) is 0 Å². The van der Waals surface area contributed by atoms with Crippen LogP contribution in [-0.4, -0.2) is 5.91 Å². The van der Waals surface area contributed by atoms with Crippen molar-refractivity contribution in [3.8, 4) is 0 Å². The summed E-state index contributed by atoms with van der Waals surface area (Å²) in [5, 5.41) is 0. The van der Waals surface area contributed by atoms with Gasteiger partial charge in [-0.25, -0.2) is 0 Å². The molecule has 66 valence electrons. The minimum Gasteiger partial charge on any atom is -0.369 e. The van der Waals surface area contributed by atoms with Crippen LogP contribution in [-0.2, 0) is 4.79 Å². The molecule has 2 N–H and O–H groups in total. The second-order valence-corrected chi connectivity index (χ2v) is 3.57. The highest BCUT2D eigenvalue weighted by molar-refractivity contribution is 5.85. The molecule has 0 spiro atoms. The van der Waals surface area contributed by atoms with E-state index in [-0.39, 0.29) is 23.7 Å². The van der Waals surface area contributed by atoms with E-state index in [0.717, 1.165) is 19.3 Å². The first-order chi connectivity index (χ1) is 4.57. The van der Waals surface area contributed by atoms with Crippen molar-refractivity contribution in [3.05, 3.63) is 0 Å². The third-order valence-electron chi connectivity index (χ3n) is 2.98. The van der Waals surface area contributed by atoms with Crippen molar-refractivity contribution in [1.29, 1.82) is 0 Å². The molecule has 0 heterocycles. The van der Waals surface area contributed by atoms with Crippen molar-refractivity contribution in [2.45, 2.75) is 33.1 Å². The van der Waals surface area contributed by atoms with Crippen LogP contribution in [0.1, 0.15) is 33.1 Å². The summed E-state index contributed by atoms with van der Waals surface area (Å²) in [7, 11) is 0. The molecule has 0 aromatic rings. The summed E-state index contributed by atoms with van der Waals surface area (Å²) in [6, 6.07) is 0. The van der Waals surface area contributed by atoms with Crippen molar-refractivity contribution >= 4 is 18.3 Å². The standard InChI is InChI=1S/C8H15NO.ClH/c1-6-4-3-5-8(6,2)7(9)10;/h6H,3-5H2,1-2H3,(H2,9,10);1H. The number of carbonyl (C=O) groups excluding carboxylic acids is 1. The smallest absolute Gasteiger partial charge is 0.223 e. The Balaban J connectivity index is 0.000001000. The van der Waals surface area contributed by atoms with Crippen LogP contribution in [0.15, 0.2) is 0 Å². The summed E-state index contributed by atoms with van der Waals surface area (Å²) in [6.07, 6.45) is 3.28. The Morgan fingerprint density at radius 1 is 1.64 bits per heavy atom. The summed E-state index contributed by atoms with van der Waals surface area (Å²) in [5.41, 5.74) is 5.08. The lowest BCUT2D eigenvalue weighted by atomic mass is 9.80. The van der Waals surface area contributed by atoms with Crippen LogP contribution in [0.25, 0.3) is 0 Å². The van der Waals surface area contributed by atoms with Crippen LogP contribution in [0.2, 0.25) is 0 Å². The lowest BCUT2D eigenvalue weighted by Crippen LogP contribution is -2.36. The van der Waals surface area contributed by atoms with E-state index in [4.69, 9.17) is 5.73 Å². The Hall–Kier alpha value is -0.240. The van der Waals surface area contributed by atoms with E-state index >= 15 is 0 Å². The van der Waals surface area contributed by atoms with Crippen molar-refractivity contribution in [1.82, 2.24) is 0 Å². The second-order valence-electron chi connectivity index (χ2n) is 3.57. The van der Waals surface area contributed by atoms with Crippen LogP contribution in [0.5, 0.6) is 0 Å². The Bertz CT molecular complexity index is 160. The Morgan fingerprint density at radius 2 is 2.18 bits per heavy atom. The molecule has 2 unspecified atom stereocenters. The molecule has 0 aromatic heterocycles. The zero-order chi connectivity index (χ0) is 7.78. The zero-order valence-electron chi connectivity index (χ0n) is 7.09. The summed E-state index contributed by atoms with van der Waals surface area (Å²) in [5.74, 6) is 0.350. The highest BCUT2D eigenvalue weighted by Crippen LogP contribution is 2.42. The van der Waals surface area contributed by atoms with Gasteiger partial charge in [0.2, 0.25) is 5.91 Å². The molecule has 1 amide bonds. The number of nitrogens with two attached hydrogens (primary N) is 1. The van der Waals surface area contributed by atoms with Crippen LogP contribution >= 0.6 is 12.4 Å². The van der Waals surface area contributed by atoms with Gasteiger partial charge in [-0.15, -0.1) is 12.4 Å². The average Bonchev–Trinajstić information content (AvgIpc) is 2.15. The Kier molecular flexibility index (Phi) is 3.36. The number of amides is 1. The molecule has 0 radical (unpaired) electrons. The zero-order valence-corrected chi connectivity index (χ0v) is 7.91. The maximum Gasteiger partial charge on any atom is 0.223 e. The quantitative estimate of drug-likeness (QED) is 0.651. The number of halogens is 1. The van der Waals surface area contributed by atoms with Crippen molar-refractivity contribution in [2.24, 2.45) is 17.1 Å². The molecule has 11 heavy (non-hydrogen) atoms. The average molecular weight is 178 g/mol. The third kappa shape index (κ3) is 1.67. The molecule has 1 aliphatic carbocycles. The highest BCUT2D eigenvalue weighted by atomic mass is 35.5. The van der Waals surface area contributed by atoms with E-state index in [0.29, 0.717) is 5.92 Å². The molecular weight excluding hydrogens is 162 g/mol. The first-order valence-electron chi connectivity index (χ1n) is 3.87. The number of hydrogen-bond donors (Lipinski definition) is 1. The summed E-state index contributed by atoms with van der Waals surface area (Å²) < 4.78 is 0. The number of rotatable bonds is 1. The third-order valence-corrected chi connectivity index (χ3v) is 2.98. The molecular formula is C8H16ClNO. The van der Waals surface area contributed by atoms with Crippen molar-refractivity contribution in [3.63, 3.8) is 0 Å². The maximum absolute atomic E-state index is 11.0. The predicted molar refractivity (Wildman–Crippen MR) is 47.6 cm³/mol. The van der Waals surface area contributed by atoms with Crippen LogP contribution in [0.3, 0.4) is 0 Å². The SMILES string of the molecule is CC1CCCC1(C)C(N)=O.Cl. The minimum atomic E-state index is -0.208. The molecule has 1 rings (SSSR count). The lowest BCUT2D eigenvalue weighted by molar-refractivity contribution is -0.128. The molecule has 1 fully saturated rings. The van der Waals surface area contributed by atoms with Crippen molar-refractivity contribution < 1.29 is 4.79 Å². The van der Waals surface area contributed by atoms with Gasteiger partial charge in [0, 0.05) is 5.41 Å². The topological polar surface area (TPSA) is 43.1 Å². The predicted octanol–water partition coefficient (Wildman–Crippen LogP) is 1.72. The number of hydrogen-bond acceptors (Lipinski definition) is 1. The number of primary amides is 1. The summed E-state index contributed by atoms with van der Waals surface area (Å²) in [6.45, 7) is 4.09. The summed E-state index contributed by atoms with van der Waals surface area (Å²) in [4.78, 5) is 11.0. The minimum absolute atomic E-state index is 0. The Morgan fingerprint density at radius 3 is 2.36 bits per heavy atom. The molecule has 0 aliphatic heterocycles. The van der Waals surface area contributed by atoms with Gasteiger partial charge in [-0.3, -0.25) is 4.79 Å². The van der Waals surface area contributed by atoms with Gasteiger partial charge in [-0.1, -0.05) is 20.3 Å². The number of carbonyl (C=O) groups is 1. The fourth-order valence-corrected chi connectivity index (χ4v) is 1.71. The first-order valence-corrected chi connectivity index (χ1v) is 3.87. The van der Waals surface area contributed by atoms with Gasteiger partial charge in [0.25, 0.3) is 0 Å². The van der Waals surface area contributed by atoms with E-state index < -0.39 is 0 Å². The van der Waals surface area contributed by atoms with Crippen LogP contribution < -0.4 is 5.73 Å². The molecule has 3 heteroatoms. The van der Waals surface area contributed by atoms with Gasteiger partial charge >= 0.3 is 0 Å². The van der Waals surface area contributed by atoms with E-state index in [9.17, 15) is 4.79 Å². The molecule has 2 nitrogen and oxygen atoms in total. The van der Waals surface area contributed by atoms with E-state index in [2.05, 4.69) is 6.92 Å². The molecule has 2 atom stereocenters. The normalized spacial score (nSPS) is 36.4. The van der Waals surface area contributed by atoms with Crippen molar-refractivity contribution in [2.75, 3.05) is 0 Å². The molecule has 0 aromatic carbocycles. The first kappa shape index (κ1) is 10.8. The van der Waals surface area contributed by atoms with Gasteiger partial charge in [0.05, 0.1) is 0 Å². The van der Waals surface area contributed by atoms with E-state index in [1.54, 1.807) is 0 Å². The molecule has 0 saturated heterocycles. The van der Waals surface area contributed by atoms with Gasteiger partial charge in [0.1, 0.15) is 0 Å². The van der Waals surface area contributed by atoms with Crippen LogP contribution in [0, 0.1) is 11.3 Å². The lowest BCUT2D eigenvalue weighted by Gasteiger charge is -2.24. The Labute approximate surface area is 73.9 Å². The van der Waals surface area contributed by atoms with Gasteiger partial charge in [-0.2, -0.15) is 0 Å². The molecule has 1 aliphatic rings. The highest BCUT2D eigenvalue weighted by Gasteiger charge is 2.40. The largest absolute Gasteiger partial charge is 0.369 e. The fourth-order valence-electron chi connectivity index (χ4n) is 1.71. The maximum atomic E-state index is 11.0. The monoisotopic (exact) mass is 177 g/mol. The summed E-state index contributed by atoms with van der Waals surface area (Å²) >= 11 is 0. The van der Waals surface area contributed by atoms with E-state index in [1.165, 1.54) is 0 Å².